The second kappa shape index (κ2) is 8.80. The van der Waals surface area contributed by atoms with Gasteiger partial charge in [0.25, 0.3) is 0 Å². The standard InChI is InChI=1S/C21H29N7O3/c1-26-17(2-5-24-26)20-23-11-18-21(25-20)28-6-9-31-14-16(28)12-27(18)13-19(29)22-10-15-3-7-30-8-4-15/h2,5,11,15-16H,3-4,6-10,12-14H2,1H3,(H,22,29)/t16-/m1/s1. The molecule has 10 heteroatoms. The lowest BCUT2D eigenvalue weighted by atomic mass is 10.0. The molecule has 0 bridgehead atoms. The molecule has 2 saturated heterocycles. The van der Waals surface area contributed by atoms with Gasteiger partial charge in [-0.1, -0.05) is 0 Å². The minimum atomic E-state index is 0.0262. The number of carbonyl (C=O) groups excluding carboxylic acids is 1. The fourth-order valence-electron chi connectivity index (χ4n) is 4.54. The topological polar surface area (TPSA) is 97.6 Å². The number of amides is 1. The summed E-state index contributed by atoms with van der Waals surface area (Å²) in [5, 5.41) is 7.34. The highest BCUT2D eigenvalue weighted by molar-refractivity contribution is 5.84. The zero-order chi connectivity index (χ0) is 21.2. The van der Waals surface area contributed by atoms with Crippen molar-refractivity contribution in [1.29, 1.82) is 0 Å². The Labute approximate surface area is 181 Å². The fraction of sp³-hybridized carbons (Fsp3) is 0.619. The molecule has 0 unspecified atom stereocenters. The third-order valence-electron chi connectivity index (χ3n) is 6.33. The summed E-state index contributed by atoms with van der Waals surface area (Å²) in [7, 11) is 1.88. The molecule has 0 spiro atoms. The van der Waals surface area contributed by atoms with E-state index in [2.05, 4.69) is 25.2 Å². The number of hydrogen-bond acceptors (Lipinski definition) is 8. The largest absolute Gasteiger partial charge is 0.381 e. The van der Waals surface area contributed by atoms with E-state index in [-0.39, 0.29) is 18.5 Å². The number of fused-ring (bicyclic) bond motifs is 3. The summed E-state index contributed by atoms with van der Waals surface area (Å²) in [5.41, 5.74) is 1.75. The van der Waals surface area contributed by atoms with Gasteiger partial charge in [-0.25, -0.2) is 9.97 Å². The molecule has 3 aliphatic heterocycles. The van der Waals surface area contributed by atoms with E-state index in [1.807, 2.05) is 19.3 Å². The molecule has 0 radical (unpaired) electrons. The van der Waals surface area contributed by atoms with Crippen LogP contribution in [0.4, 0.5) is 11.5 Å². The molecule has 0 aliphatic carbocycles. The Bertz CT molecular complexity index is 927. The first-order chi connectivity index (χ1) is 15.2. The Morgan fingerprint density at radius 3 is 2.94 bits per heavy atom. The summed E-state index contributed by atoms with van der Waals surface area (Å²) in [6.45, 7) is 5.36. The van der Waals surface area contributed by atoms with E-state index in [0.717, 1.165) is 49.8 Å². The molecule has 0 aromatic carbocycles. The van der Waals surface area contributed by atoms with Crippen molar-refractivity contribution >= 4 is 17.4 Å². The molecule has 0 saturated carbocycles. The maximum atomic E-state index is 12.7. The van der Waals surface area contributed by atoms with Crippen molar-refractivity contribution in [3.63, 3.8) is 0 Å². The molecule has 10 nitrogen and oxygen atoms in total. The number of aromatic nitrogens is 4. The molecule has 1 amide bonds. The Morgan fingerprint density at radius 2 is 2.13 bits per heavy atom. The quantitative estimate of drug-likeness (QED) is 0.734. The van der Waals surface area contributed by atoms with Crippen LogP contribution in [0.15, 0.2) is 18.5 Å². The maximum Gasteiger partial charge on any atom is 0.239 e. The second-order valence-corrected chi connectivity index (χ2v) is 8.40. The van der Waals surface area contributed by atoms with E-state index in [0.29, 0.717) is 38.0 Å². The van der Waals surface area contributed by atoms with Crippen LogP contribution in [0.5, 0.6) is 0 Å². The van der Waals surface area contributed by atoms with Crippen molar-refractivity contribution in [2.45, 2.75) is 18.9 Å². The molecule has 2 aromatic heterocycles. The molecule has 3 aliphatic rings. The van der Waals surface area contributed by atoms with E-state index in [1.165, 1.54) is 0 Å². The number of morpholine rings is 1. The summed E-state index contributed by atoms with van der Waals surface area (Å²) in [5.74, 6) is 2.02. The lowest BCUT2D eigenvalue weighted by Crippen LogP contribution is -2.57. The fourth-order valence-corrected chi connectivity index (χ4v) is 4.54. The van der Waals surface area contributed by atoms with Crippen LogP contribution < -0.4 is 15.1 Å². The SMILES string of the molecule is Cn1nccc1-c1ncc2c(n1)N1CCOC[C@H]1CN2CC(=O)NCC1CCOCC1. The van der Waals surface area contributed by atoms with Crippen molar-refractivity contribution in [3.8, 4) is 11.5 Å². The van der Waals surface area contributed by atoms with Crippen molar-refractivity contribution in [3.05, 3.63) is 18.5 Å². The molecule has 1 atom stereocenters. The van der Waals surface area contributed by atoms with Gasteiger partial charge in [-0.2, -0.15) is 5.10 Å². The molecule has 5 rings (SSSR count). The van der Waals surface area contributed by atoms with Gasteiger partial charge >= 0.3 is 0 Å². The van der Waals surface area contributed by atoms with Gasteiger partial charge in [0, 0.05) is 46.1 Å². The van der Waals surface area contributed by atoms with Crippen LogP contribution in [-0.4, -0.2) is 84.3 Å². The smallest absolute Gasteiger partial charge is 0.239 e. The van der Waals surface area contributed by atoms with Crippen molar-refractivity contribution < 1.29 is 14.3 Å². The van der Waals surface area contributed by atoms with Crippen LogP contribution in [0, 0.1) is 5.92 Å². The summed E-state index contributed by atoms with van der Waals surface area (Å²) >= 11 is 0. The average molecular weight is 428 g/mol. The minimum Gasteiger partial charge on any atom is -0.381 e. The highest BCUT2D eigenvalue weighted by Crippen LogP contribution is 2.35. The normalized spacial score (nSPS) is 21.5. The van der Waals surface area contributed by atoms with E-state index in [1.54, 1.807) is 10.9 Å². The Kier molecular flexibility index (Phi) is 5.73. The van der Waals surface area contributed by atoms with Crippen molar-refractivity contribution in [2.75, 3.05) is 62.4 Å². The van der Waals surface area contributed by atoms with Crippen LogP contribution in [-0.2, 0) is 21.3 Å². The van der Waals surface area contributed by atoms with Gasteiger partial charge < -0.3 is 24.6 Å². The molecule has 5 heterocycles. The molecular weight excluding hydrogens is 398 g/mol. The Morgan fingerprint density at radius 1 is 1.26 bits per heavy atom. The predicted octanol–water partition coefficient (Wildman–Crippen LogP) is 0.445. The molecule has 2 fully saturated rings. The number of ether oxygens (including phenoxy) is 2. The highest BCUT2D eigenvalue weighted by atomic mass is 16.5. The van der Waals surface area contributed by atoms with Gasteiger partial charge in [0.05, 0.1) is 37.7 Å². The van der Waals surface area contributed by atoms with Crippen molar-refractivity contribution in [2.24, 2.45) is 13.0 Å². The highest BCUT2D eigenvalue weighted by Gasteiger charge is 2.35. The maximum absolute atomic E-state index is 12.7. The third-order valence-corrected chi connectivity index (χ3v) is 6.33. The van der Waals surface area contributed by atoms with E-state index in [9.17, 15) is 4.79 Å². The van der Waals surface area contributed by atoms with Crippen LogP contribution in [0.25, 0.3) is 11.5 Å². The number of anilines is 2. The molecule has 31 heavy (non-hydrogen) atoms. The number of nitrogens with one attached hydrogen (secondary N) is 1. The number of aryl methyl sites for hydroxylation is 1. The first-order valence-corrected chi connectivity index (χ1v) is 11.0. The summed E-state index contributed by atoms with van der Waals surface area (Å²) in [6, 6.07) is 2.07. The molecule has 1 N–H and O–H groups in total. The van der Waals surface area contributed by atoms with E-state index >= 15 is 0 Å². The number of hydrogen-bond donors (Lipinski definition) is 1. The number of rotatable bonds is 5. The molecular formula is C21H29N7O3. The van der Waals surface area contributed by atoms with Gasteiger partial charge in [-0.15, -0.1) is 0 Å². The van der Waals surface area contributed by atoms with E-state index in [4.69, 9.17) is 14.5 Å². The monoisotopic (exact) mass is 427 g/mol. The first-order valence-electron chi connectivity index (χ1n) is 11.0. The lowest BCUT2D eigenvalue weighted by Gasteiger charge is -2.45. The Hall–Kier alpha value is -2.72. The minimum absolute atomic E-state index is 0.0262. The van der Waals surface area contributed by atoms with Crippen LogP contribution in [0.3, 0.4) is 0 Å². The summed E-state index contributed by atoms with van der Waals surface area (Å²) < 4.78 is 12.9. The van der Waals surface area contributed by atoms with Gasteiger partial charge in [0.15, 0.2) is 11.6 Å². The summed E-state index contributed by atoms with van der Waals surface area (Å²) in [4.78, 5) is 26.6. The van der Waals surface area contributed by atoms with Crippen molar-refractivity contribution in [1.82, 2.24) is 25.1 Å². The Balaban J connectivity index is 1.35. The van der Waals surface area contributed by atoms with Gasteiger partial charge in [0.2, 0.25) is 5.91 Å². The van der Waals surface area contributed by atoms with E-state index < -0.39 is 0 Å². The molecule has 166 valence electrons. The van der Waals surface area contributed by atoms with Crippen LogP contribution in [0.2, 0.25) is 0 Å². The zero-order valence-electron chi connectivity index (χ0n) is 17.9. The van der Waals surface area contributed by atoms with Gasteiger partial charge in [0.1, 0.15) is 5.69 Å². The predicted molar refractivity (Wildman–Crippen MR) is 115 cm³/mol. The first kappa shape index (κ1) is 20.2. The third kappa shape index (κ3) is 4.22. The average Bonchev–Trinajstić information content (AvgIpc) is 3.24. The lowest BCUT2D eigenvalue weighted by molar-refractivity contribution is -0.120. The number of nitrogens with zero attached hydrogens (tertiary/aromatic N) is 6. The zero-order valence-corrected chi connectivity index (χ0v) is 17.9. The van der Waals surface area contributed by atoms with Crippen LogP contribution >= 0.6 is 0 Å². The van der Waals surface area contributed by atoms with Gasteiger partial charge in [-0.05, 0) is 24.8 Å². The molecule has 2 aromatic rings. The summed E-state index contributed by atoms with van der Waals surface area (Å²) in [6.07, 6.45) is 5.59. The number of carbonyl (C=O) groups is 1. The van der Waals surface area contributed by atoms with Gasteiger partial charge in [-0.3, -0.25) is 9.48 Å². The van der Waals surface area contributed by atoms with Crippen LogP contribution in [0.1, 0.15) is 12.8 Å². The second-order valence-electron chi connectivity index (χ2n) is 8.40.